The van der Waals surface area contributed by atoms with Crippen LogP contribution in [0.1, 0.15) is 18.9 Å². The van der Waals surface area contributed by atoms with Crippen molar-refractivity contribution in [3.05, 3.63) is 29.8 Å². The normalized spacial score (nSPS) is 24.1. The summed E-state index contributed by atoms with van der Waals surface area (Å²) in [6, 6.07) is 6.61. The summed E-state index contributed by atoms with van der Waals surface area (Å²) in [5.74, 6) is 0.295. The Morgan fingerprint density at radius 3 is 2.65 bits per heavy atom. The molecule has 0 bridgehead atoms. The molecule has 2 N–H and O–H groups in total. The number of halogens is 3. The molecule has 0 radical (unpaired) electrons. The van der Waals surface area contributed by atoms with Gasteiger partial charge in [0.15, 0.2) is 0 Å². The molecule has 6 heteroatoms. The number of nitrogens with zero attached hydrogens (tertiary/aromatic N) is 1. The number of rotatable bonds is 4. The van der Waals surface area contributed by atoms with Crippen LogP contribution in [0.25, 0.3) is 0 Å². The van der Waals surface area contributed by atoms with Gasteiger partial charge >= 0.3 is 6.36 Å². The van der Waals surface area contributed by atoms with Crippen molar-refractivity contribution in [1.82, 2.24) is 4.90 Å². The van der Waals surface area contributed by atoms with Crippen LogP contribution in [-0.4, -0.2) is 30.4 Å². The molecule has 1 aliphatic heterocycles. The lowest BCUT2D eigenvalue weighted by molar-refractivity contribution is -0.275. The Balaban J connectivity index is 2.10. The topological polar surface area (TPSA) is 38.5 Å². The highest BCUT2D eigenvalue weighted by Gasteiger charge is 2.33. The van der Waals surface area contributed by atoms with Gasteiger partial charge in [-0.15, -0.1) is 13.2 Å². The summed E-state index contributed by atoms with van der Waals surface area (Å²) < 4.78 is 41.2. The first-order valence-corrected chi connectivity index (χ1v) is 6.67. The monoisotopic (exact) mass is 288 g/mol. The average molecular weight is 288 g/mol. The summed E-state index contributed by atoms with van der Waals surface area (Å²) in [6.07, 6.45) is -3.68. The molecular formula is C14H19F3N2O. The SMILES string of the molecule is CC1CC(CN)CN1Cc1ccccc1OC(F)(F)F. The van der Waals surface area contributed by atoms with Crippen molar-refractivity contribution in [2.24, 2.45) is 11.7 Å². The Morgan fingerprint density at radius 1 is 1.35 bits per heavy atom. The minimum atomic E-state index is -4.66. The molecule has 0 saturated carbocycles. The fourth-order valence-electron chi connectivity index (χ4n) is 2.69. The standard InChI is InChI=1S/C14H19F3N2O/c1-10-6-11(7-18)8-19(10)9-12-4-2-3-5-13(12)20-14(15,16)17/h2-5,10-11H,6-9,18H2,1H3. The van der Waals surface area contributed by atoms with Crippen molar-refractivity contribution in [3.8, 4) is 5.75 Å². The van der Waals surface area contributed by atoms with Crippen molar-refractivity contribution in [2.75, 3.05) is 13.1 Å². The number of hydrogen-bond donors (Lipinski definition) is 1. The predicted octanol–water partition coefficient (Wildman–Crippen LogP) is 2.75. The van der Waals surface area contributed by atoms with Gasteiger partial charge in [0.05, 0.1) is 0 Å². The molecule has 0 aromatic heterocycles. The highest BCUT2D eigenvalue weighted by molar-refractivity contribution is 5.33. The molecule has 3 nitrogen and oxygen atoms in total. The van der Waals surface area contributed by atoms with Gasteiger partial charge in [-0.1, -0.05) is 18.2 Å². The average Bonchev–Trinajstić information content (AvgIpc) is 2.71. The first-order valence-electron chi connectivity index (χ1n) is 6.67. The number of para-hydroxylation sites is 1. The Hall–Kier alpha value is -1.27. The Bertz CT molecular complexity index is 450. The smallest absolute Gasteiger partial charge is 0.405 e. The van der Waals surface area contributed by atoms with Gasteiger partial charge in [-0.05, 0) is 31.9 Å². The third-order valence-electron chi connectivity index (χ3n) is 3.70. The Kier molecular flexibility index (Phi) is 4.55. The van der Waals surface area contributed by atoms with Crippen LogP contribution >= 0.6 is 0 Å². The summed E-state index contributed by atoms with van der Waals surface area (Å²) in [6.45, 7) is 3.95. The molecule has 2 atom stereocenters. The van der Waals surface area contributed by atoms with Gasteiger partial charge in [-0.25, -0.2) is 0 Å². The van der Waals surface area contributed by atoms with Crippen LogP contribution in [0.15, 0.2) is 24.3 Å². The van der Waals surface area contributed by atoms with Gasteiger partial charge in [0.25, 0.3) is 0 Å². The van der Waals surface area contributed by atoms with E-state index in [1.165, 1.54) is 6.07 Å². The van der Waals surface area contributed by atoms with E-state index in [1.54, 1.807) is 18.2 Å². The lowest BCUT2D eigenvalue weighted by atomic mass is 10.1. The zero-order chi connectivity index (χ0) is 14.8. The van der Waals surface area contributed by atoms with E-state index in [4.69, 9.17) is 5.73 Å². The molecule has 1 aromatic rings. The van der Waals surface area contributed by atoms with E-state index in [2.05, 4.69) is 16.6 Å². The zero-order valence-corrected chi connectivity index (χ0v) is 11.4. The molecule has 20 heavy (non-hydrogen) atoms. The van der Waals surface area contributed by atoms with E-state index in [0.29, 0.717) is 30.6 Å². The van der Waals surface area contributed by atoms with Crippen molar-refractivity contribution in [1.29, 1.82) is 0 Å². The summed E-state index contributed by atoms with van der Waals surface area (Å²) >= 11 is 0. The molecule has 1 heterocycles. The van der Waals surface area contributed by atoms with Crippen molar-refractivity contribution >= 4 is 0 Å². The summed E-state index contributed by atoms with van der Waals surface area (Å²) in [4.78, 5) is 2.15. The van der Waals surface area contributed by atoms with Crippen LogP contribution < -0.4 is 10.5 Å². The minimum Gasteiger partial charge on any atom is -0.405 e. The van der Waals surface area contributed by atoms with Crippen molar-refractivity contribution in [2.45, 2.75) is 32.3 Å². The second-order valence-electron chi connectivity index (χ2n) is 5.27. The number of ether oxygens (including phenoxy) is 1. The molecular weight excluding hydrogens is 269 g/mol. The molecule has 2 rings (SSSR count). The van der Waals surface area contributed by atoms with Crippen LogP contribution in [0.3, 0.4) is 0 Å². The lowest BCUT2D eigenvalue weighted by Crippen LogP contribution is -2.28. The second-order valence-corrected chi connectivity index (χ2v) is 5.27. The highest BCUT2D eigenvalue weighted by Crippen LogP contribution is 2.30. The molecule has 1 aliphatic rings. The van der Waals surface area contributed by atoms with Crippen LogP contribution in [0, 0.1) is 5.92 Å². The van der Waals surface area contributed by atoms with Gasteiger partial charge in [0.2, 0.25) is 0 Å². The third kappa shape index (κ3) is 3.86. The van der Waals surface area contributed by atoms with Crippen molar-refractivity contribution < 1.29 is 17.9 Å². The molecule has 1 fully saturated rings. The van der Waals surface area contributed by atoms with E-state index in [9.17, 15) is 13.2 Å². The second kappa shape index (κ2) is 6.01. The zero-order valence-electron chi connectivity index (χ0n) is 11.4. The largest absolute Gasteiger partial charge is 0.573 e. The minimum absolute atomic E-state index is 0.122. The maximum absolute atomic E-state index is 12.4. The maximum Gasteiger partial charge on any atom is 0.573 e. The Morgan fingerprint density at radius 2 is 2.05 bits per heavy atom. The molecule has 0 amide bonds. The first-order chi connectivity index (χ1) is 9.39. The fraction of sp³-hybridized carbons (Fsp3) is 0.571. The van der Waals surface area contributed by atoms with E-state index < -0.39 is 6.36 Å². The number of nitrogens with two attached hydrogens (primary N) is 1. The van der Waals surface area contributed by atoms with Crippen LogP contribution in [-0.2, 0) is 6.54 Å². The van der Waals surface area contributed by atoms with Gasteiger partial charge < -0.3 is 10.5 Å². The molecule has 1 saturated heterocycles. The number of hydrogen-bond acceptors (Lipinski definition) is 3. The fourth-order valence-corrected chi connectivity index (χ4v) is 2.69. The Labute approximate surface area is 116 Å². The van der Waals surface area contributed by atoms with Crippen LogP contribution in [0.5, 0.6) is 5.75 Å². The molecule has 112 valence electrons. The van der Waals surface area contributed by atoms with Crippen molar-refractivity contribution in [3.63, 3.8) is 0 Å². The predicted molar refractivity (Wildman–Crippen MR) is 70.2 cm³/mol. The number of likely N-dealkylation sites (tertiary alicyclic amines) is 1. The summed E-state index contributed by atoms with van der Waals surface area (Å²) in [7, 11) is 0. The maximum atomic E-state index is 12.4. The van der Waals surface area contributed by atoms with E-state index in [1.807, 2.05) is 0 Å². The van der Waals surface area contributed by atoms with Gasteiger partial charge in [-0.3, -0.25) is 4.90 Å². The van der Waals surface area contributed by atoms with Crippen LogP contribution in [0.4, 0.5) is 13.2 Å². The summed E-state index contributed by atoms with van der Waals surface area (Å²) in [5, 5.41) is 0. The van der Waals surface area contributed by atoms with E-state index in [0.717, 1.165) is 13.0 Å². The van der Waals surface area contributed by atoms with Gasteiger partial charge in [-0.2, -0.15) is 0 Å². The summed E-state index contributed by atoms with van der Waals surface area (Å²) in [5.41, 5.74) is 6.21. The molecule has 1 aromatic carbocycles. The quantitative estimate of drug-likeness (QED) is 0.926. The number of benzene rings is 1. The first kappa shape index (κ1) is 15.1. The lowest BCUT2D eigenvalue weighted by Gasteiger charge is -2.22. The molecule has 0 spiro atoms. The molecule has 2 unspecified atom stereocenters. The van der Waals surface area contributed by atoms with E-state index in [-0.39, 0.29) is 5.75 Å². The van der Waals surface area contributed by atoms with Gasteiger partial charge in [0.1, 0.15) is 5.75 Å². The van der Waals surface area contributed by atoms with E-state index >= 15 is 0 Å². The van der Waals surface area contributed by atoms with Crippen LogP contribution in [0.2, 0.25) is 0 Å². The molecule has 0 aliphatic carbocycles. The number of alkyl halides is 3. The van der Waals surface area contributed by atoms with Gasteiger partial charge in [0, 0.05) is 24.7 Å². The third-order valence-corrected chi connectivity index (χ3v) is 3.70. The highest BCUT2D eigenvalue weighted by atomic mass is 19.4.